The summed E-state index contributed by atoms with van der Waals surface area (Å²) in [6, 6.07) is 10.4. The smallest absolute Gasteiger partial charge is 0.414 e. The third kappa shape index (κ3) is 8.92. The summed E-state index contributed by atoms with van der Waals surface area (Å²) in [7, 11) is 1.57. The van der Waals surface area contributed by atoms with Gasteiger partial charge in [0.15, 0.2) is 0 Å². The molecule has 4 aromatic rings. The Morgan fingerprint density at radius 1 is 1.12 bits per heavy atom. The van der Waals surface area contributed by atoms with E-state index in [2.05, 4.69) is 35.0 Å². The summed E-state index contributed by atoms with van der Waals surface area (Å²) in [5, 5.41) is 12.0. The number of aromatic nitrogens is 5. The summed E-state index contributed by atoms with van der Waals surface area (Å²) >= 11 is 2.23. The number of fused-ring (bicyclic) bond motifs is 2. The SMILES string of the molecule is CCO/N=C(\C(=O)NC1C(=O)N2C(C(=O)OCc3ccc(OC)cc3)=C(C[n+]3cccc4c3ncn4C3CCNCC3)CSC12)c1nsc(NC(=O)OC(C)(C)C)n1. The number of β-lactam (4-membered cyclic amide) rings is 1. The first-order chi connectivity index (χ1) is 27.9. The van der Waals surface area contributed by atoms with Gasteiger partial charge in [0, 0.05) is 28.9 Å². The summed E-state index contributed by atoms with van der Waals surface area (Å²) in [5.41, 5.74) is 2.22. The fourth-order valence-electron chi connectivity index (χ4n) is 6.78. The third-order valence-electron chi connectivity index (χ3n) is 9.47. The molecule has 0 saturated carbocycles. The predicted molar refractivity (Wildman–Crippen MR) is 214 cm³/mol. The van der Waals surface area contributed by atoms with Gasteiger partial charge in [-0.05, 0) is 88.4 Å². The van der Waals surface area contributed by atoms with Crippen molar-refractivity contribution in [3.63, 3.8) is 0 Å². The molecule has 3 N–H and O–H groups in total. The normalized spacial score (nSPS) is 18.7. The Kier molecular flexibility index (Phi) is 12.2. The van der Waals surface area contributed by atoms with Crippen molar-refractivity contribution >= 4 is 69.2 Å². The number of hydrogen-bond donors (Lipinski definition) is 3. The van der Waals surface area contributed by atoms with Crippen molar-refractivity contribution in [3.05, 3.63) is 71.6 Å². The van der Waals surface area contributed by atoms with Crippen molar-refractivity contribution in [3.8, 4) is 5.75 Å². The van der Waals surface area contributed by atoms with Crippen molar-refractivity contribution in [1.29, 1.82) is 0 Å². The van der Waals surface area contributed by atoms with Gasteiger partial charge in [0.2, 0.25) is 23.0 Å². The number of carbonyl (C=O) groups excluding carboxylic acids is 4. The first kappa shape index (κ1) is 40.6. The number of esters is 1. The summed E-state index contributed by atoms with van der Waals surface area (Å²) in [4.78, 5) is 69.8. The molecule has 2 saturated heterocycles. The summed E-state index contributed by atoms with van der Waals surface area (Å²) in [6.45, 7) is 9.10. The minimum Gasteiger partial charge on any atom is -0.497 e. The zero-order valence-corrected chi connectivity index (χ0v) is 34.4. The van der Waals surface area contributed by atoms with Gasteiger partial charge in [0.1, 0.15) is 53.7 Å². The molecule has 3 aromatic heterocycles. The highest BCUT2D eigenvalue weighted by molar-refractivity contribution is 8.00. The highest BCUT2D eigenvalue weighted by atomic mass is 32.2. The first-order valence-electron chi connectivity index (χ1n) is 18.8. The van der Waals surface area contributed by atoms with Crippen LogP contribution in [-0.4, -0.2) is 103 Å². The quantitative estimate of drug-likeness (QED) is 0.0583. The molecule has 2 unspecified atom stereocenters. The molecule has 306 valence electrons. The Morgan fingerprint density at radius 3 is 2.62 bits per heavy atom. The van der Waals surface area contributed by atoms with E-state index in [1.165, 1.54) is 16.7 Å². The van der Waals surface area contributed by atoms with E-state index in [4.69, 9.17) is 24.0 Å². The van der Waals surface area contributed by atoms with Crippen molar-refractivity contribution in [2.45, 2.75) is 76.7 Å². The number of carbonyl (C=O) groups is 4. The summed E-state index contributed by atoms with van der Waals surface area (Å²) in [5.74, 6) is -1.05. The van der Waals surface area contributed by atoms with Crippen LogP contribution in [0.5, 0.6) is 5.75 Å². The Labute approximate surface area is 342 Å². The summed E-state index contributed by atoms with van der Waals surface area (Å²) in [6.07, 6.45) is 5.02. The number of ether oxygens (including phenoxy) is 3. The molecule has 0 spiro atoms. The van der Waals surface area contributed by atoms with Crippen LogP contribution in [0.2, 0.25) is 0 Å². The Balaban J connectivity index is 1.13. The average molecular weight is 834 g/mol. The molecule has 6 heterocycles. The molecule has 1 aromatic carbocycles. The molecule has 3 aliphatic heterocycles. The van der Waals surface area contributed by atoms with Gasteiger partial charge in [-0.2, -0.15) is 9.36 Å². The molecule has 2 fully saturated rings. The number of nitrogens with one attached hydrogen (secondary N) is 3. The van der Waals surface area contributed by atoms with Gasteiger partial charge in [-0.25, -0.2) is 14.2 Å². The summed E-state index contributed by atoms with van der Waals surface area (Å²) < 4.78 is 24.7. The molecular formula is C38H45N10O8S2+. The number of thioether (sulfide) groups is 1. The lowest BCUT2D eigenvalue weighted by molar-refractivity contribution is -0.664. The second-order valence-electron chi connectivity index (χ2n) is 14.6. The van der Waals surface area contributed by atoms with Crippen LogP contribution in [0.25, 0.3) is 11.2 Å². The van der Waals surface area contributed by atoms with E-state index >= 15 is 0 Å². The van der Waals surface area contributed by atoms with Crippen LogP contribution < -0.4 is 25.3 Å². The molecule has 20 heteroatoms. The lowest BCUT2D eigenvalue weighted by Gasteiger charge is -2.49. The number of benzene rings is 1. The number of anilines is 1. The molecular weight excluding hydrogens is 789 g/mol. The molecule has 0 aliphatic carbocycles. The maximum Gasteiger partial charge on any atom is 0.414 e. The first-order valence-corrected chi connectivity index (χ1v) is 20.6. The van der Waals surface area contributed by atoms with Crippen molar-refractivity contribution in [2.24, 2.45) is 5.16 Å². The molecule has 0 radical (unpaired) electrons. The highest BCUT2D eigenvalue weighted by Gasteiger charge is 2.55. The number of methoxy groups -OCH3 is 1. The van der Waals surface area contributed by atoms with Gasteiger partial charge >= 0.3 is 17.7 Å². The molecule has 3 amide bonds. The molecule has 18 nitrogen and oxygen atoms in total. The van der Waals surface area contributed by atoms with Crippen LogP contribution in [-0.2, 0) is 41.8 Å². The fraction of sp³-hybridized carbons (Fsp3) is 0.447. The zero-order valence-electron chi connectivity index (χ0n) is 32.7. The van der Waals surface area contributed by atoms with Crippen LogP contribution in [0.1, 0.15) is 58.0 Å². The van der Waals surface area contributed by atoms with Crippen LogP contribution in [0.3, 0.4) is 0 Å². The van der Waals surface area contributed by atoms with E-state index in [9.17, 15) is 19.2 Å². The third-order valence-corrected chi connectivity index (χ3v) is 11.4. The standard InChI is InChI=1S/C38H44N10O8S2/c1-6-55-44-27(30-42-36(58-45-30)43-37(52)56-38(2,3)4)32(49)41-28-33(50)48-29(35(51)54-19-22-9-11-25(53-5)12-10-22)23(20-57-34(28)48)18-46-17-7-8-26-31(46)40-21-47(26)24-13-15-39-16-14-24/h7-12,17,21,24,28,34,39H,6,13-16,18-20H2,1-5H3,(H-,41,42,43,45,49,52)/p+1/b44-27-. The Hall–Kier alpha value is -5.60. The van der Waals surface area contributed by atoms with Crippen LogP contribution in [0.15, 0.2) is 65.3 Å². The molecule has 7 rings (SSSR count). The van der Waals surface area contributed by atoms with Crippen LogP contribution >= 0.6 is 23.3 Å². The number of oxime groups is 1. The lowest BCUT2D eigenvalue weighted by Crippen LogP contribution is -2.71. The van der Waals surface area contributed by atoms with E-state index in [0.29, 0.717) is 23.1 Å². The number of piperidine rings is 1. The van der Waals surface area contributed by atoms with E-state index in [-0.39, 0.29) is 42.1 Å². The van der Waals surface area contributed by atoms with Crippen molar-refractivity contribution in [2.75, 3.05) is 37.9 Å². The second kappa shape index (κ2) is 17.5. The number of amides is 3. The number of nitrogens with zero attached hydrogens (tertiary/aromatic N) is 7. The van der Waals surface area contributed by atoms with Gasteiger partial charge in [0.05, 0.1) is 13.3 Å². The molecule has 0 bridgehead atoms. The number of pyridine rings is 1. The highest BCUT2D eigenvalue weighted by Crippen LogP contribution is 2.41. The largest absolute Gasteiger partial charge is 0.497 e. The molecule has 3 aliphatic rings. The predicted octanol–water partition coefficient (Wildman–Crippen LogP) is 3.29. The van der Waals surface area contributed by atoms with Crippen molar-refractivity contribution < 1.29 is 42.8 Å². The fourth-order valence-corrected chi connectivity index (χ4v) is 8.67. The van der Waals surface area contributed by atoms with Gasteiger partial charge in [-0.1, -0.05) is 17.3 Å². The van der Waals surface area contributed by atoms with Gasteiger partial charge in [0.25, 0.3) is 11.8 Å². The van der Waals surface area contributed by atoms with E-state index in [1.807, 2.05) is 29.2 Å². The average Bonchev–Trinajstić information content (AvgIpc) is 3.86. The van der Waals surface area contributed by atoms with Gasteiger partial charge < -0.3 is 34.2 Å². The van der Waals surface area contributed by atoms with Crippen LogP contribution in [0.4, 0.5) is 9.93 Å². The Morgan fingerprint density at radius 2 is 1.90 bits per heavy atom. The van der Waals surface area contributed by atoms with E-state index < -0.39 is 40.9 Å². The molecule has 2 atom stereocenters. The maximum atomic E-state index is 14.1. The topological polar surface area (TPSA) is 204 Å². The minimum atomic E-state index is -1.02. The van der Waals surface area contributed by atoms with E-state index in [0.717, 1.165) is 54.2 Å². The number of rotatable bonds is 13. The minimum absolute atomic E-state index is 0.0361. The lowest BCUT2D eigenvalue weighted by atomic mass is 10.0. The molecule has 58 heavy (non-hydrogen) atoms. The van der Waals surface area contributed by atoms with Gasteiger partial charge in [-0.15, -0.1) is 11.8 Å². The zero-order chi connectivity index (χ0) is 41.0. The number of imidazole rings is 1. The maximum absolute atomic E-state index is 14.1. The van der Waals surface area contributed by atoms with E-state index in [1.54, 1.807) is 59.1 Å². The second-order valence-corrected chi connectivity index (χ2v) is 16.5. The number of hydrogen-bond acceptors (Lipinski definition) is 15. The van der Waals surface area contributed by atoms with Crippen LogP contribution in [0, 0.1) is 0 Å². The monoisotopic (exact) mass is 833 g/mol. The Bertz CT molecular complexity index is 2240. The van der Waals surface area contributed by atoms with Gasteiger partial charge in [-0.3, -0.25) is 19.8 Å². The van der Waals surface area contributed by atoms with Crippen molar-refractivity contribution in [1.82, 2.24) is 34.4 Å².